The number of aromatic nitrogens is 1. The summed E-state index contributed by atoms with van der Waals surface area (Å²) < 4.78 is 39.6. The van der Waals surface area contributed by atoms with Crippen LogP contribution in [-0.2, 0) is 24.4 Å². The van der Waals surface area contributed by atoms with Crippen LogP contribution < -0.4 is 29.7 Å². The standard InChI is InChI=1S/C38H52N6O9S/c1-7-23-16-22(2)10-8-9-11-24-19-38(24,35(47)42-54(50,51)37(3)14-15-37)41-32(45)29-18-26(21-44(29)34(46)31(23)40-36(48)49)53-33-27-13-12-25(43(4)5)17-28(27)30(52-6)20-39-33/h9,11-13,17,20,22-24,26,29,31,40H,7-8,10,14-16,18-19,21H2,1-6H3,(H,41,45)(H,42,47)(H,48,49)/b11-9-/t22-,23+,24?,26+,29-,31-,38+/m0/s1. The molecule has 4 amide bonds. The Hall–Kier alpha value is -4.60. The van der Waals surface area contributed by atoms with E-state index in [9.17, 15) is 32.7 Å². The molecule has 2 aliphatic heterocycles. The number of hydrogen-bond acceptors (Lipinski definition) is 10. The molecule has 0 bridgehead atoms. The van der Waals surface area contributed by atoms with Gasteiger partial charge in [-0.1, -0.05) is 32.4 Å². The SMILES string of the molecule is CC[C@@H]1C[C@@H](C)CC/C=C\C2C[C@@]2(C(=O)NS(=O)(=O)C2(C)CC2)NC(=O)[C@@H]2C[C@@H](Oc3ncc(OC)c4cc(N(C)C)ccc34)CN2C(=O)[C@H]1NC(=O)O. The number of nitrogens with zero attached hydrogens (tertiary/aromatic N) is 3. The number of rotatable bonds is 9. The highest BCUT2D eigenvalue weighted by Gasteiger charge is 2.63. The highest BCUT2D eigenvalue weighted by atomic mass is 32.2. The average Bonchev–Trinajstić information content (AvgIpc) is 4.00. The van der Waals surface area contributed by atoms with Crippen LogP contribution in [0.3, 0.4) is 0 Å². The summed E-state index contributed by atoms with van der Waals surface area (Å²) in [5.74, 6) is -1.96. The normalized spacial score (nSPS) is 30.1. The zero-order chi connectivity index (χ0) is 39.2. The van der Waals surface area contributed by atoms with Crippen molar-refractivity contribution in [3.63, 3.8) is 0 Å². The van der Waals surface area contributed by atoms with Gasteiger partial charge in [-0.15, -0.1) is 0 Å². The third-order valence-electron chi connectivity index (χ3n) is 11.7. The van der Waals surface area contributed by atoms with Gasteiger partial charge in [0.15, 0.2) is 0 Å². The first-order valence-electron chi connectivity index (χ1n) is 18.7. The van der Waals surface area contributed by atoms with Crippen LogP contribution in [0, 0.1) is 17.8 Å². The molecule has 0 spiro atoms. The average molecular weight is 769 g/mol. The van der Waals surface area contributed by atoms with E-state index in [4.69, 9.17) is 9.47 Å². The second kappa shape index (κ2) is 14.9. The largest absolute Gasteiger partial charge is 0.494 e. The van der Waals surface area contributed by atoms with Gasteiger partial charge in [0, 0.05) is 42.9 Å². The lowest BCUT2D eigenvalue weighted by Gasteiger charge is -2.33. The number of anilines is 1. The highest BCUT2D eigenvalue weighted by molar-refractivity contribution is 7.91. The fourth-order valence-corrected chi connectivity index (χ4v) is 9.13. The topological polar surface area (TPSA) is 197 Å². The van der Waals surface area contributed by atoms with Crippen LogP contribution in [0.2, 0.25) is 0 Å². The van der Waals surface area contributed by atoms with Crippen molar-refractivity contribution in [2.45, 2.75) is 101 Å². The number of sulfonamides is 1. The highest BCUT2D eigenvalue weighted by Crippen LogP contribution is 2.48. The summed E-state index contributed by atoms with van der Waals surface area (Å²) in [6, 6.07) is 3.40. The number of allylic oxidation sites excluding steroid dienone is 1. The molecule has 2 aromatic rings. The first-order valence-corrected chi connectivity index (χ1v) is 20.2. The second-order valence-corrected chi connectivity index (χ2v) is 18.0. The van der Waals surface area contributed by atoms with Gasteiger partial charge in [-0.2, -0.15) is 0 Å². The van der Waals surface area contributed by atoms with Crippen molar-refractivity contribution in [3.8, 4) is 11.6 Å². The molecule has 16 heteroatoms. The zero-order valence-corrected chi connectivity index (χ0v) is 32.6. The minimum atomic E-state index is -4.01. The van der Waals surface area contributed by atoms with Crippen LogP contribution in [0.5, 0.6) is 11.6 Å². The summed E-state index contributed by atoms with van der Waals surface area (Å²) in [7, 11) is 1.38. The molecule has 15 nitrogen and oxygen atoms in total. The minimum absolute atomic E-state index is 0.00409. The van der Waals surface area contributed by atoms with Gasteiger partial charge >= 0.3 is 6.09 Å². The van der Waals surface area contributed by atoms with Crippen molar-refractivity contribution in [1.29, 1.82) is 0 Å². The number of methoxy groups -OCH3 is 1. The lowest BCUT2D eigenvalue weighted by molar-refractivity contribution is -0.142. The maximum atomic E-state index is 14.6. The van der Waals surface area contributed by atoms with Crippen LogP contribution in [0.1, 0.15) is 72.1 Å². The Balaban J connectivity index is 1.36. The number of hydrogen-bond donors (Lipinski definition) is 4. The van der Waals surface area contributed by atoms with E-state index in [-0.39, 0.29) is 37.1 Å². The monoisotopic (exact) mass is 768 g/mol. The zero-order valence-electron chi connectivity index (χ0n) is 31.8. The summed E-state index contributed by atoms with van der Waals surface area (Å²) in [5.41, 5.74) is -0.623. The molecule has 1 saturated heterocycles. The fourth-order valence-electron chi connectivity index (χ4n) is 7.82. The molecule has 7 atom stereocenters. The molecule has 294 valence electrons. The lowest BCUT2D eigenvalue weighted by atomic mass is 9.85. The Kier molecular flexibility index (Phi) is 10.8. The maximum Gasteiger partial charge on any atom is 0.405 e. The number of nitrogens with one attached hydrogen (secondary N) is 3. The van der Waals surface area contributed by atoms with E-state index in [1.165, 1.54) is 4.90 Å². The molecule has 2 aliphatic carbocycles. The van der Waals surface area contributed by atoms with Crippen molar-refractivity contribution in [2.75, 3.05) is 32.6 Å². The number of carboxylic acid groups (broad SMARTS) is 1. The van der Waals surface area contributed by atoms with E-state index in [0.717, 1.165) is 17.5 Å². The molecule has 4 aliphatic rings. The number of carbonyl (C=O) groups excluding carboxylic acids is 3. The molecule has 4 N–H and O–H groups in total. The van der Waals surface area contributed by atoms with Gasteiger partial charge in [-0.3, -0.25) is 19.1 Å². The van der Waals surface area contributed by atoms with E-state index in [1.54, 1.807) is 20.2 Å². The summed E-state index contributed by atoms with van der Waals surface area (Å²) >= 11 is 0. The van der Waals surface area contributed by atoms with Gasteiger partial charge in [-0.25, -0.2) is 18.2 Å². The van der Waals surface area contributed by atoms with Crippen LogP contribution in [0.25, 0.3) is 10.8 Å². The van der Waals surface area contributed by atoms with Crippen molar-refractivity contribution in [1.82, 2.24) is 25.2 Å². The molecule has 0 radical (unpaired) electrons. The molecule has 3 fully saturated rings. The molecule has 6 rings (SSSR count). The Labute approximate surface area is 316 Å². The fraction of sp³-hybridized carbons (Fsp3) is 0.605. The minimum Gasteiger partial charge on any atom is -0.494 e. The molecular weight excluding hydrogens is 717 g/mol. The Morgan fingerprint density at radius 1 is 1.17 bits per heavy atom. The number of carbonyl (C=O) groups is 4. The van der Waals surface area contributed by atoms with Crippen molar-refractivity contribution >= 4 is 50.3 Å². The number of pyridine rings is 1. The molecule has 54 heavy (non-hydrogen) atoms. The van der Waals surface area contributed by atoms with Crippen LogP contribution in [0.15, 0.2) is 36.5 Å². The van der Waals surface area contributed by atoms with Crippen LogP contribution in [-0.4, -0.2) is 103 Å². The number of ether oxygens (including phenoxy) is 2. The van der Waals surface area contributed by atoms with Gasteiger partial charge in [0.25, 0.3) is 5.91 Å². The van der Waals surface area contributed by atoms with E-state index >= 15 is 0 Å². The molecule has 1 aromatic heterocycles. The summed E-state index contributed by atoms with van der Waals surface area (Å²) in [6.07, 6.45) is 6.74. The molecule has 3 heterocycles. The Bertz CT molecular complexity index is 1950. The number of benzene rings is 1. The summed E-state index contributed by atoms with van der Waals surface area (Å²) in [4.78, 5) is 62.8. The predicted molar refractivity (Wildman–Crippen MR) is 202 cm³/mol. The predicted octanol–water partition coefficient (Wildman–Crippen LogP) is 3.57. The Morgan fingerprint density at radius 2 is 1.91 bits per heavy atom. The van der Waals surface area contributed by atoms with E-state index in [0.29, 0.717) is 43.2 Å². The van der Waals surface area contributed by atoms with E-state index in [2.05, 4.69) is 27.3 Å². The molecule has 2 saturated carbocycles. The molecule has 1 aromatic carbocycles. The first kappa shape index (κ1) is 39.1. The van der Waals surface area contributed by atoms with Crippen molar-refractivity contribution < 1.29 is 42.2 Å². The molecule has 1 unspecified atom stereocenters. The van der Waals surface area contributed by atoms with Crippen molar-refractivity contribution in [2.24, 2.45) is 17.8 Å². The van der Waals surface area contributed by atoms with Gasteiger partial charge < -0.3 is 35.0 Å². The van der Waals surface area contributed by atoms with Gasteiger partial charge in [0.1, 0.15) is 29.5 Å². The maximum absolute atomic E-state index is 14.6. The summed E-state index contributed by atoms with van der Waals surface area (Å²) in [5, 5.41) is 16.6. The van der Waals surface area contributed by atoms with Crippen LogP contribution in [0.4, 0.5) is 10.5 Å². The lowest BCUT2D eigenvalue weighted by Crippen LogP contribution is -2.59. The van der Waals surface area contributed by atoms with Gasteiger partial charge in [0.2, 0.25) is 27.7 Å². The third kappa shape index (κ3) is 7.66. The van der Waals surface area contributed by atoms with Crippen LogP contribution >= 0.6 is 0 Å². The quantitative estimate of drug-likeness (QED) is 0.272. The Morgan fingerprint density at radius 3 is 2.56 bits per heavy atom. The van der Waals surface area contributed by atoms with E-state index in [1.807, 2.05) is 56.3 Å². The van der Waals surface area contributed by atoms with Gasteiger partial charge in [0.05, 0.1) is 24.6 Å². The molecular formula is C38H52N6O9S. The van der Waals surface area contributed by atoms with E-state index < -0.39 is 68.2 Å². The van der Waals surface area contributed by atoms with Gasteiger partial charge in [-0.05, 0) is 75.5 Å². The second-order valence-electron chi connectivity index (χ2n) is 15.8. The number of fused-ring (bicyclic) bond motifs is 3. The first-order chi connectivity index (χ1) is 25.5. The summed E-state index contributed by atoms with van der Waals surface area (Å²) in [6.45, 7) is 5.47. The van der Waals surface area contributed by atoms with Crippen molar-refractivity contribution in [3.05, 3.63) is 36.5 Å². The number of amides is 4. The smallest absolute Gasteiger partial charge is 0.405 e. The third-order valence-corrected chi connectivity index (χ3v) is 13.9.